The van der Waals surface area contributed by atoms with E-state index in [0.717, 1.165) is 0 Å². The summed E-state index contributed by atoms with van der Waals surface area (Å²) in [6.45, 7) is 0. The van der Waals surface area contributed by atoms with E-state index in [1.54, 1.807) is 0 Å². The van der Waals surface area contributed by atoms with Crippen molar-refractivity contribution in [3.05, 3.63) is 29.3 Å². The Labute approximate surface area is 85.5 Å². The first-order valence-corrected chi connectivity index (χ1v) is 4.01. The van der Waals surface area contributed by atoms with Crippen molar-refractivity contribution in [1.29, 1.82) is 5.26 Å². The van der Waals surface area contributed by atoms with Gasteiger partial charge in [0.15, 0.2) is 6.10 Å². The number of rotatable bonds is 3. The van der Waals surface area contributed by atoms with Gasteiger partial charge in [-0.3, -0.25) is 5.84 Å². The highest BCUT2D eigenvalue weighted by Crippen LogP contribution is 2.20. The molecule has 1 unspecified atom stereocenters. The van der Waals surface area contributed by atoms with Crippen LogP contribution in [-0.2, 0) is 4.79 Å². The van der Waals surface area contributed by atoms with Crippen molar-refractivity contribution in [3.63, 3.8) is 0 Å². The van der Waals surface area contributed by atoms with Crippen LogP contribution >= 0.6 is 0 Å². The summed E-state index contributed by atoms with van der Waals surface area (Å²) in [5.41, 5.74) is 2.98. The van der Waals surface area contributed by atoms with Crippen LogP contribution in [0.4, 0.5) is 5.69 Å². The Bertz CT molecular complexity index is 425. The molecule has 0 bridgehead atoms. The van der Waals surface area contributed by atoms with Gasteiger partial charge in [0.2, 0.25) is 0 Å². The molecular weight excluding hydrogens is 198 g/mol. The molecule has 0 heterocycles. The largest absolute Gasteiger partial charge is 0.479 e. The minimum atomic E-state index is -1.64. The van der Waals surface area contributed by atoms with Gasteiger partial charge in [0.05, 0.1) is 11.3 Å². The first-order chi connectivity index (χ1) is 7.10. The number of carboxylic acids is 1. The van der Waals surface area contributed by atoms with Crippen molar-refractivity contribution in [1.82, 2.24) is 0 Å². The standard InChI is InChI=1S/C9H9N3O3/c10-4-6-3-5(8(13)9(14)15)1-2-7(6)12-11/h1-3,8,12-13H,11H2,(H,14,15). The lowest BCUT2D eigenvalue weighted by molar-refractivity contribution is -0.146. The van der Waals surface area contributed by atoms with Gasteiger partial charge < -0.3 is 15.6 Å². The van der Waals surface area contributed by atoms with E-state index in [2.05, 4.69) is 5.43 Å². The average molecular weight is 207 g/mol. The average Bonchev–Trinajstić information content (AvgIpc) is 2.26. The van der Waals surface area contributed by atoms with Crippen molar-refractivity contribution < 1.29 is 15.0 Å². The van der Waals surface area contributed by atoms with Crippen LogP contribution in [0.1, 0.15) is 17.2 Å². The van der Waals surface area contributed by atoms with Gasteiger partial charge in [-0.25, -0.2) is 4.79 Å². The summed E-state index contributed by atoms with van der Waals surface area (Å²) >= 11 is 0. The number of hydrogen-bond acceptors (Lipinski definition) is 5. The Morgan fingerprint density at radius 2 is 2.27 bits per heavy atom. The van der Waals surface area contributed by atoms with Gasteiger partial charge in [-0.2, -0.15) is 5.26 Å². The zero-order chi connectivity index (χ0) is 11.4. The van der Waals surface area contributed by atoms with Crippen molar-refractivity contribution in [2.24, 2.45) is 5.84 Å². The molecule has 15 heavy (non-hydrogen) atoms. The van der Waals surface area contributed by atoms with E-state index in [1.165, 1.54) is 18.2 Å². The Morgan fingerprint density at radius 1 is 1.60 bits per heavy atom. The van der Waals surface area contributed by atoms with Crippen LogP contribution in [-0.4, -0.2) is 16.2 Å². The molecule has 6 nitrogen and oxygen atoms in total. The summed E-state index contributed by atoms with van der Waals surface area (Å²) < 4.78 is 0. The Kier molecular flexibility index (Phi) is 3.23. The predicted octanol–water partition coefficient (Wildman–Crippen LogP) is -0.0381. The maximum absolute atomic E-state index is 10.5. The Morgan fingerprint density at radius 3 is 2.73 bits per heavy atom. The molecule has 1 atom stereocenters. The van der Waals surface area contributed by atoms with Crippen LogP contribution in [0.25, 0.3) is 0 Å². The number of nitrogens with two attached hydrogens (primary N) is 1. The van der Waals surface area contributed by atoms with Gasteiger partial charge in [0.1, 0.15) is 6.07 Å². The maximum atomic E-state index is 10.5. The Hall–Kier alpha value is -2.10. The normalized spacial score (nSPS) is 11.5. The van der Waals surface area contributed by atoms with Gasteiger partial charge in [-0.15, -0.1) is 0 Å². The van der Waals surface area contributed by atoms with E-state index in [4.69, 9.17) is 16.2 Å². The van der Waals surface area contributed by atoms with E-state index in [-0.39, 0.29) is 11.1 Å². The van der Waals surface area contributed by atoms with Gasteiger partial charge in [-0.1, -0.05) is 6.07 Å². The molecule has 0 fully saturated rings. The summed E-state index contributed by atoms with van der Waals surface area (Å²) in [7, 11) is 0. The first kappa shape index (κ1) is 11.0. The molecule has 1 aromatic rings. The fourth-order valence-corrected chi connectivity index (χ4v) is 1.09. The molecule has 0 aliphatic rings. The minimum Gasteiger partial charge on any atom is -0.479 e. The molecule has 0 saturated heterocycles. The zero-order valence-corrected chi connectivity index (χ0v) is 7.64. The number of nitrogens with zero attached hydrogens (tertiary/aromatic N) is 1. The van der Waals surface area contributed by atoms with Gasteiger partial charge in [0, 0.05) is 0 Å². The molecule has 78 valence electrons. The lowest BCUT2D eigenvalue weighted by Crippen LogP contribution is -2.12. The number of aliphatic hydroxyl groups excluding tert-OH is 1. The molecule has 0 aliphatic heterocycles. The van der Waals surface area contributed by atoms with E-state index in [9.17, 15) is 9.90 Å². The molecule has 0 amide bonds. The fraction of sp³-hybridized carbons (Fsp3) is 0.111. The van der Waals surface area contributed by atoms with E-state index >= 15 is 0 Å². The van der Waals surface area contributed by atoms with Crippen LogP contribution in [0, 0.1) is 11.3 Å². The van der Waals surface area contributed by atoms with Crippen molar-refractivity contribution in [3.8, 4) is 6.07 Å². The molecule has 0 aromatic heterocycles. The second-order valence-electron chi connectivity index (χ2n) is 2.80. The molecule has 0 radical (unpaired) electrons. The molecule has 6 heteroatoms. The van der Waals surface area contributed by atoms with E-state index < -0.39 is 12.1 Å². The number of nitrogen functional groups attached to an aromatic ring is 1. The number of carboxylic acid groups (broad SMARTS) is 1. The highest BCUT2D eigenvalue weighted by molar-refractivity contribution is 5.75. The van der Waals surface area contributed by atoms with Crippen LogP contribution in [0.3, 0.4) is 0 Å². The molecular formula is C9H9N3O3. The quantitative estimate of drug-likeness (QED) is 0.408. The summed E-state index contributed by atoms with van der Waals surface area (Å²) in [4.78, 5) is 10.5. The number of carbonyl (C=O) groups is 1. The topological polar surface area (TPSA) is 119 Å². The van der Waals surface area contributed by atoms with Gasteiger partial charge >= 0.3 is 5.97 Å². The molecule has 0 aliphatic carbocycles. The van der Waals surface area contributed by atoms with Crippen molar-refractivity contribution >= 4 is 11.7 Å². The molecule has 0 spiro atoms. The zero-order valence-electron chi connectivity index (χ0n) is 7.64. The maximum Gasteiger partial charge on any atom is 0.337 e. The number of benzene rings is 1. The predicted molar refractivity (Wildman–Crippen MR) is 51.6 cm³/mol. The number of aliphatic hydroxyl groups is 1. The van der Waals surface area contributed by atoms with Gasteiger partial charge in [-0.05, 0) is 17.7 Å². The monoisotopic (exact) mass is 207 g/mol. The first-order valence-electron chi connectivity index (χ1n) is 4.01. The highest BCUT2D eigenvalue weighted by Gasteiger charge is 2.16. The minimum absolute atomic E-state index is 0.137. The van der Waals surface area contributed by atoms with Crippen molar-refractivity contribution in [2.75, 3.05) is 5.43 Å². The smallest absolute Gasteiger partial charge is 0.337 e. The SMILES string of the molecule is N#Cc1cc(C(O)C(=O)O)ccc1NN. The number of hydrogen-bond donors (Lipinski definition) is 4. The number of aliphatic carboxylic acids is 1. The molecule has 1 aromatic carbocycles. The third-order valence-electron chi connectivity index (χ3n) is 1.87. The number of hydrazine groups is 1. The summed E-state index contributed by atoms with van der Waals surface area (Å²) in [6, 6.07) is 5.92. The summed E-state index contributed by atoms with van der Waals surface area (Å²) in [5.74, 6) is 3.76. The van der Waals surface area contributed by atoms with Crippen LogP contribution in [0.15, 0.2) is 18.2 Å². The fourth-order valence-electron chi connectivity index (χ4n) is 1.09. The highest BCUT2D eigenvalue weighted by atomic mass is 16.4. The van der Waals surface area contributed by atoms with Crippen molar-refractivity contribution in [2.45, 2.75) is 6.10 Å². The van der Waals surface area contributed by atoms with Gasteiger partial charge in [0.25, 0.3) is 0 Å². The lowest BCUT2D eigenvalue weighted by Gasteiger charge is -2.08. The number of anilines is 1. The van der Waals surface area contributed by atoms with Crippen LogP contribution in [0.2, 0.25) is 0 Å². The Balaban J connectivity index is 3.15. The second kappa shape index (κ2) is 4.41. The lowest BCUT2D eigenvalue weighted by atomic mass is 10.1. The molecule has 5 N–H and O–H groups in total. The number of nitriles is 1. The van der Waals surface area contributed by atoms with Crippen LogP contribution in [0.5, 0.6) is 0 Å². The molecule has 0 saturated carbocycles. The van der Waals surface area contributed by atoms with E-state index in [1.807, 2.05) is 6.07 Å². The molecule has 1 rings (SSSR count). The summed E-state index contributed by atoms with van der Waals surface area (Å²) in [5, 5.41) is 26.5. The third kappa shape index (κ3) is 2.22. The number of nitrogens with one attached hydrogen (secondary N) is 1. The third-order valence-corrected chi connectivity index (χ3v) is 1.87. The second-order valence-corrected chi connectivity index (χ2v) is 2.80. The summed E-state index contributed by atoms with van der Waals surface area (Å²) in [6.07, 6.45) is -1.64. The van der Waals surface area contributed by atoms with E-state index in [0.29, 0.717) is 5.69 Å². The van der Waals surface area contributed by atoms with Crippen LogP contribution < -0.4 is 11.3 Å².